The standard InChI is InChI=1S/C18H29N3/c1-15(2)20-14-16-13-17(5-10-19-16)21-11-8-18(9-12-21)6-3-4-7-18/h5,10,13,15,20H,3-4,6-9,11-12,14H2,1-2H3. The minimum atomic E-state index is 0.507. The highest BCUT2D eigenvalue weighted by molar-refractivity contribution is 5.47. The lowest BCUT2D eigenvalue weighted by molar-refractivity contribution is 0.226. The van der Waals surface area contributed by atoms with Crippen LogP contribution in [0, 0.1) is 5.41 Å². The second kappa shape index (κ2) is 6.35. The summed E-state index contributed by atoms with van der Waals surface area (Å²) in [6.07, 6.45) is 10.6. The average molecular weight is 287 g/mol. The highest BCUT2D eigenvalue weighted by Crippen LogP contribution is 2.46. The van der Waals surface area contributed by atoms with Crippen LogP contribution in [-0.4, -0.2) is 24.1 Å². The molecule has 3 rings (SSSR count). The number of piperidine rings is 1. The molecule has 1 aliphatic carbocycles. The first-order valence-electron chi connectivity index (χ1n) is 8.60. The van der Waals surface area contributed by atoms with E-state index in [9.17, 15) is 0 Å². The summed E-state index contributed by atoms with van der Waals surface area (Å²) in [6.45, 7) is 7.66. The number of hydrogen-bond donors (Lipinski definition) is 1. The van der Waals surface area contributed by atoms with E-state index in [4.69, 9.17) is 0 Å². The van der Waals surface area contributed by atoms with E-state index >= 15 is 0 Å². The Kier molecular flexibility index (Phi) is 4.48. The molecular weight excluding hydrogens is 258 g/mol. The Morgan fingerprint density at radius 3 is 2.57 bits per heavy atom. The van der Waals surface area contributed by atoms with Crippen molar-refractivity contribution in [1.29, 1.82) is 0 Å². The van der Waals surface area contributed by atoms with E-state index in [0.29, 0.717) is 11.5 Å². The Hall–Kier alpha value is -1.09. The fourth-order valence-electron chi connectivity index (χ4n) is 3.93. The highest BCUT2D eigenvalue weighted by Gasteiger charge is 2.36. The van der Waals surface area contributed by atoms with Gasteiger partial charge in [0, 0.05) is 37.6 Å². The average Bonchev–Trinajstić information content (AvgIpc) is 2.94. The molecule has 21 heavy (non-hydrogen) atoms. The molecule has 2 fully saturated rings. The summed E-state index contributed by atoms with van der Waals surface area (Å²) in [5, 5.41) is 3.45. The van der Waals surface area contributed by atoms with Crippen molar-refractivity contribution < 1.29 is 0 Å². The molecule has 2 heterocycles. The first-order chi connectivity index (χ1) is 10.2. The number of hydrogen-bond acceptors (Lipinski definition) is 3. The van der Waals surface area contributed by atoms with E-state index in [1.807, 2.05) is 6.20 Å². The summed E-state index contributed by atoms with van der Waals surface area (Å²) < 4.78 is 0. The molecule has 0 atom stereocenters. The maximum Gasteiger partial charge on any atom is 0.0562 e. The molecule has 1 spiro atoms. The fraction of sp³-hybridized carbons (Fsp3) is 0.722. The van der Waals surface area contributed by atoms with Gasteiger partial charge in [-0.1, -0.05) is 26.7 Å². The summed E-state index contributed by atoms with van der Waals surface area (Å²) >= 11 is 0. The normalized spacial score (nSPS) is 21.4. The monoisotopic (exact) mass is 287 g/mol. The van der Waals surface area contributed by atoms with E-state index < -0.39 is 0 Å². The number of aromatic nitrogens is 1. The molecule has 2 aliphatic rings. The number of nitrogens with zero attached hydrogens (tertiary/aromatic N) is 2. The van der Waals surface area contributed by atoms with Gasteiger partial charge in [0.25, 0.3) is 0 Å². The van der Waals surface area contributed by atoms with E-state index in [-0.39, 0.29) is 0 Å². The lowest BCUT2D eigenvalue weighted by atomic mass is 9.77. The van der Waals surface area contributed by atoms with Crippen LogP contribution in [0.25, 0.3) is 0 Å². The lowest BCUT2D eigenvalue weighted by Gasteiger charge is -2.40. The van der Waals surface area contributed by atoms with Gasteiger partial charge in [0.1, 0.15) is 0 Å². The molecule has 116 valence electrons. The third-order valence-electron chi connectivity index (χ3n) is 5.35. The van der Waals surface area contributed by atoms with Gasteiger partial charge in [-0.15, -0.1) is 0 Å². The van der Waals surface area contributed by atoms with Gasteiger partial charge in [0.15, 0.2) is 0 Å². The Morgan fingerprint density at radius 2 is 1.90 bits per heavy atom. The first kappa shape index (κ1) is 14.8. The Morgan fingerprint density at radius 1 is 1.19 bits per heavy atom. The van der Waals surface area contributed by atoms with Gasteiger partial charge in [0.05, 0.1) is 5.69 Å². The molecule has 0 amide bonds. The molecule has 1 aromatic rings. The maximum atomic E-state index is 4.49. The van der Waals surface area contributed by atoms with Crippen LogP contribution in [0.3, 0.4) is 0 Å². The van der Waals surface area contributed by atoms with Crippen molar-refractivity contribution in [3.8, 4) is 0 Å². The van der Waals surface area contributed by atoms with Crippen molar-refractivity contribution in [3.63, 3.8) is 0 Å². The highest BCUT2D eigenvalue weighted by atomic mass is 15.1. The fourth-order valence-corrected chi connectivity index (χ4v) is 3.93. The van der Waals surface area contributed by atoms with Crippen LogP contribution >= 0.6 is 0 Å². The van der Waals surface area contributed by atoms with E-state index in [0.717, 1.165) is 12.2 Å². The van der Waals surface area contributed by atoms with Crippen molar-refractivity contribution in [3.05, 3.63) is 24.0 Å². The molecule has 1 saturated carbocycles. The molecule has 0 radical (unpaired) electrons. The zero-order valence-corrected chi connectivity index (χ0v) is 13.6. The van der Waals surface area contributed by atoms with Crippen LogP contribution < -0.4 is 10.2 Å². The van der Waals surface area contributed by atoms with Gasteiger partial charge < -0.3 is 10.2 Å². The van der Waals surface area contributed by atoms with Crippen molar-refractivity contribution in [2.75, 3.05) is 18.0 Å². The van der Waals surface area contributed by atoms with E-state index in [2.05, 4.69) is 41.2 Å². The van der Waals surface area contributed by atoms with Crippen LogP contribution in [0.4, 0.5) is 5.69 Å². The molecule has 1 saturated heterocycles. The van der Waals surface area contributed by atoms with Crippen molar-refractivity contribution >= 4 is 5.69 Å². The predicted molar refractivity (Wildman–Crippen MR) is 88.6 cm³/mol. The molecule has 1 N–H and O–H groups in total. The van der Waals surface area contributed by atoms with Gasteiger partial charge in [-0.3, -0.25) is 4.98 Å². The molecule has 0 unspecified atom stereocenters. The van der Waals surface area contributed by atoms with Crippen LogP contribution in [-0.2, 0) is 6.54 Å². The van der Waals surface area contributed by atoms with E-state index in [1.54, 1.807) is 0 Å². The van der Waals surface area contributed by atoms with Gasteiger partial charge in [0.2, 0.25) is 0 Å². The molecule has 1 aromatic heterocycles. The summed E-state index contributed by atoms with van der Waals surface area (Å²) in [4.78, 5) is 7.05. The zero-order valence-electron chi connectivity index (χ0n) is 13.6. The summed E-state index contributed by atoms with van der Waals surface area (Å²) in [5.41, 5.74) is 3.21. The molecule has 3 heteroatoms. The minimum Gasteiger partial charge on any atom is -0.371 e. The third kappa shape index (κ3) is 3.57. The number of rotatable bonds is 4. The quantitative estimate of drug-likeness (QED) is 0.914. The number of nitrogens with one attached hydrogen (secondary N) is 1. The van der Waals surface area contributed by atoms with Crippen LogP contribution in [0.15, 0.2) is 18.3 Å². The van der Waals surface area contributed by atoms with Gasteiger partial charge >= 0.3 is 0 Å². The molecule has 1 aliphatic heterocycles. The largest absolute Gasteiger partial charge is 0.371 e. The smallest absolute Gasteiger partial charge is 0.0562 e. The Bertz CT molecular complexity index is 453. The number of pyridine rings is 1. The second-order valence-corrected chi connectivity index (χ2v) is 7.24. The van der Waals surface area contributed by atoms with Crippen molar-refractivity contribution in [1.82, 2.24) is 10.3 Å². The van der Waals surface area contributed by atoms with Crippen molar-refractivity contribution in [2.45, 2.75) is 65.0 Å². The predicted octanol–water partition coefficient (Wildman–Crippen LogP) is 3.74. The van der Waals surface area contributed by atoms with Crippen molar-refractivity contribution in [2.24, 2.45) is 5.41 Å². The Labute approximate surface area is 129 Å². The molecule has 3 nitrogen and oxygen atoms in total. The van der Waals surface area contributed by atoms with E-state index in [1.165, 1.54) is 57.3 Å². The first-order valence-corrected chi connectivity index (χ1v) is 8.60. The molecular formula is C18H29N3. The lowest BCUT2D eigenvalue weighted by Crippen LogP contribution is -2.38. The minimum absolute atomic E-state index is 0.507. The van der Waals surface area contributed by atoms with Gasteiger partial charge in [-0.2, -0.15) is 0 Å². The summed E-state index contributed by atoms with van der Waals surface area (Å²) in [6, 6.07) is 4.95. The third-order valence-corrected chi connectivity index (χ3v) is 5.35. The SMILES string of the molecule is CC(C)NCc1cc(N2CCC3(CCCC3)CC2)ccn1. The summed E-state index contributed by atoms with van der Waals surface area (Å²) in [7, 11) is 0. The maximum absolute atomic E-state index is 4.49. The zero-order chi connectivity index (χ0) is 14.7. The topological polar surface area (TPSA) is 28.2 Å². The van der Waals surface area contributed by atoms with Crippen LogP contribution in [0.1, 0.15) is 58.1 Å². The van der Waals surface area contributed by atoms with Crippen LogP contribution in [0.5, 0.6) is 0 Å². The van der Waals surface area contributed by atoms with Gasteiger partial charge in [-0.25, -0.2) is 0 Å². The van der Waals surface area contributed by atoms with Crippen LogP contribution in [0.2, 0.25) is 0 Å². The number of anilines is 1. The summed E-state index contributed by atoms with van der Waals surface area (Å²) in [5.74, 6) is 0. The Balaban J connectivity index is 1.61. The second-order valence-electron chi connectivity index (χ2n) is 7.24. The molecule has 0 bridgehead atoms. The molecule has 0 aromatic carbocycles. The van der Waals surface area contributed by atoms with Gasteiger partial charge in [-0.05, 0) is 43.2 Å².